The molecular weight excluding hydrogens is 410 g/mol. The van der Waals surface area contributed by atoms with Crippen molar-refractivity contribution in [2.24, 2.45) is 11.8 Å². The van der Waals surface area contributed by atoms with Crippen LogP contribution >= 0.6 is 11.3 Å². The SMILES string of the molecule is COc1ccccc1C1C(C(=O)C(C)C)C(=O)C(=O)N1c1ccc(-c2cccs2)cc1. The van der Waals surface area contributed by atoms with Crippen LogP contribution in [0.4, 0.5) is 5.69 Å². The van der Waals surface area contributed by atoms with Gasteiger partial charge in [0.15, 0.2) is 0 Å². The highest BCUT2D eigenvalue weighted by Crippen LogP contribution is 2.44. The second kappa shape index (κ2) is 8.47. The quantitative estimate of drug-likeness (QED) is 0.409. The summed E-state index contributed by atoms with van der Waals surface area (Å²) < 4.78 is 5.51. The van der Waals surface area contributed by atoms with Crippen LogP contribution in [0, 0.1) is 11.8 Å². The fourth-order valence-corrected chi connectivity index (χ4v) is 4.78. The van der Waals surface area contributed by atoms with Crippen LogP contribution in [0.2, 0.25) is 0 Å². The first-order valence-corrected chi connectivity index (χ1v) is 11.0. The van der Waals surface area contributed by atoms with Gasteiger partial charge < -0.3 is 4.74 Å². The molecule has 158 valence electrons. The van der Waals surface area contributed by atoms with Crippen LogP contribution in [-0.4, -0.2) is 24.6 Å². The largest absolute Gasteiger partial charge is 0.496 e. The molecule has 5 nitrogen and oxygen atoms in total. The van der Waals surface area contributed by atoms with Gasteiger partial charge in [-0.1, -0.05) is 50.2 Å². The molecule has 1 fully saturated rings. The highest BCUT2D eigenvalue weighted by molar-refractivity contribution is 7.13. The summed E-state index contributed by atoms with van der Waals surface area (Å²) in [5.74, 6) is -2.49. The van der Waals surface area contributed by atoms with Crippen LogP contribution < -0.4 is 9.64 Å². The number of methoxy groups -OCH3 is 1. The standard InChI is InChI=1S/C25H23NO4S/c1-15(2)23(27)21-22(18-7-4-5-8-19(18)30-3)26(25(29)24(21)28)17-12-10-16(11-13-17)20-9-6-14-31-20/h4-15,21-22H,1-3H3. The molecule has 0 aliphatic carbocycles. The monoisotopic (exact) mass is 433 g/mol. The number of hydrogen-bond acceptors (Lipinski definition) is 5. The van der Waals surface area contributed by atoms with Crippen molar-refractivity contribution in [3.63, 3.8) is 0 Å². The highest BCUT2D eigenvalue weighted by atomic mass is 32.1. The Morgan fingerprint density at radius 3 is 2.32 bits per heavy atom. The summed E-state index contributed by atoms with van der Waals surface area (Å²) in [6, 6.07) is 18.0. The fraction of sp³-hybridized carbons (Fsp3) is 0.240. The minimum Gasteiger partial charge on any atom is -0.496 e. The van der Waals surface area contributed by atoms with E-state index >= 15 is 0 Å². The Morgan fingerprint density at radius 1 is 1.00 bits per heavy atom. The molecular formula is C25H23NO4S. The van der Waals surface area contributed by atoms with Crippen LogP contribution in [-0.2, 0) is 14.4 Å². The molecule has 0 bridgehead atoms. The van der Waals surface area contributed by atoms with Gasteiger partial charge in [-0.25, -0.2) is 0 Å². The maximum absolute atomic E-state index is 13.1. The average molecular weight is 434 g/mol. The Bertz CT molecular complexity index is 1120. The van der Waals surface area contributed by atoms with Gasteiger partial charge in [-0.3, -0.25) is 19.3 Å². The zero-order chi connectivity index (χ0) is 22.1. The Kier molecular flexibility index (Phi) is 5.74. The maximum atomic E-state index is 13.1. The molecule has 2 aromatic carbocycles. The molecule has 3 aromatic rings. The van der Waals surface area contributed by atoms with E-state index in [9.17, 15) is 14.4 Å². The molecule has 6 heteroatoms. The number of thiophene rings is 1. The van der Waals surface area contributed by atoms with Crippen LogP contribution in [0.25, 0.3) is 10.4 Å². The number of ether oxygens (including phenoxy) is 1. The van der Waals surface area contributed by atoms with E-state index in [2.05, 4.69) is 0 Å². The molecule has 0 N–H and O–H groups in total. The summed E-state index contributed by atoms with van der Waals surface area (Å²) in [7, 11) is 1.54. The van der Waals surface area contributed by atoms with Crippen molar-refractivity contribution in [3.8, 4) is 16.2 Å². The van der Waals surface area contributed by atoms with Gasteiger partial charge in [0.25, 0.3) is 5.91 Å². The normalized spacial score (nSPS) is 18.6. The number of anilines is 1. The number of para-hydroxylation sites is 1. The molecule has 1 aliphatic rings. The molecule has 0 saturated carbocycles. The Balaban J connectivity index is 1.83. The summed E-state index contributed by atoms with van der Waals surface area (Å²) in [5, 5.41) is 2.01. The van der Waals surface area contributed by atoms with Crippen LogP contribution in [0.3, 0.4) is 0 Å². The van der Waals surface area contributed by atoms with Crippen molar-refractivity contribution in [1.82, 2.24) is 0 Å². The predicted octanol–water partition coefficient (Wildman–Crippen LogP) is 4.92. The van der Waals surface area contributed by atoms with Crippen molar-refractivity contribution in [1.29, 1.82) is 0 Å². The van der Waals surface area contributed by atoms with Gasteiger partial charge in [0, 0.05) is 22.0 Å². The van der Waals surface area contributed by atoms with E-state index in [1.54, 1.807) is 31.3 Å². The summed E-state index contributed by atoms with van der Waals surface area (Å²) >= 11 is 1.63. The number of hydrogen-bond donors (Lipinski definition) is 0. The lowest BCUT2D eigenvalue weighted by Crippen LogP contribution is -2.32. The van der Waals surface area contributed by atoms with E-state index in [1.807, 2.05) is 60.0 Å². The zero-order valence-corrected chi connectivity index (χ0v) is 18.4. The third kappa shape index (κ3) is 3.68. The second-order valence-corrected chi connectivity index (χ2v) is 8.73. The molecule has 0 radical (unpaired) electrons. The van der Waals surface area contributed by atoms with Gasteiger partial charge in [0.2, 0.25) is 5.78 Å². The van der Waals surface area contributed by atoms with E-state index < -0.39 is 23.7 Å². The van der Waals surface area contributed by atoms with E-state index in [4.69, 9.17) is 4.74 Å². The van der Waals surface area contributed by atoms with Crippen molar-refractivity contribution in [2.75, 3.05) is 12.0 Å². The minimum atomic E-state index is -1.07. The van der Waals surface area contributed by atoms with Crippen molar-refractivity contribution in [3.05, 3.63) is 71.6 Å². The molecule has 1 saturated heterocycles. The van der Waals surface area contributed by atoms with Crippen LogP contribution in [0.15, 0.2) is 66.0 Å². The fourth-order valence-electron chi connectivity index (χ4n) is 4.05. The van der Waals surface area contributed by atoms with Crippen LogP contribution in [0.1, 0.15) is 25.5 Å². The number of benzene rings is 2. The molecule has 1 amide bonds. The van der Waals surface area contributed by atoms with Crippen molar-refractivity contribution < 1.29 is 19.1 Å². The average Bonchev–Trinajstić information content (AvgIpc) is 3.41. The summed E-state index contributed by atoms with van der Waals surface area (Å²) in [4.78, 5) is 41.7. The Hall–Kier alpha value is -3.25. The first-order valence-electron chi connectivity index (χ1n) is 10.1. The van der Waals surface area contributed by atoms with Gasteiger partial charge in [-0.2, -0.15) is 0 Å². The number of carbonyl (C=O) groups is 3. The third-order valence-electron chi connectivity index (χ3n) is 5.59. The Labute approximate surface area is 185 Å². The predicted molar refractivity (Wildman–Crippen MR) is 121 cm³/mol. The van der Waals surface area contributed by atoms with E-state index in [0.717, 1.165) is 10.4 Å². The number of ketones is 2. The van der Waals surface area contributed by atoms with E-state index in [0.29, 0.717) is 17.0 Å². The lowest BCUT2D eigenvalue weighted by molar-refractivity contribution is -0.139. The first-order chi connectivity index (χ1) is 14.9. The van der Waals surface area contributed by atoms with Gasteiger partial charge in [0.05, 0.1) is 13.2 Å². The molecule has 2 unspecified atom stereocenters. The number of carbonyl (C=O) groups excluding carboxylic acids is 3. The van der Waals surface area contributed by atoms with E-state index in [1.165, 1.54) is 12.0 Å². The molecule has 0 spiro atoms. The molecule has 2 atom stereocenters. The van der Waals surface area contributed by atoms with Crippen molar-refractivity contribution in [2.45, 2.75) is 19.9 Å². The number of rotatable bonds is 6. The van der Waals surface area contributed by atoms with Crippen molar-refractivity contribution >= 4 is 34.5 Å². The molecule has 31 heavy (non-hydrogen) atoms. The van der Waals surface area contributed by atoms with Gasteiger partial charge in [-0.05, 0) is 35.2 Å². The molecule has 1 aliphatic heterocycles. The summed E-state index contributed by atoms with van der Waals surface area (Å²) in [6.45, 7) is 3.50. The number of Topliss-reactive ketones (excluding diaryl/α,β-unsaturated/α-hetero) is 2. The molecule has 1 aromatic heterocycles. The number of amides is 1. The van der Waals surface area contributed by atoms with Crippen LogP contribution in [0.5, 0.6) is 5.75 Å². The zero-order valence-electron chi connectivity index (χ0n) is 17.6. The number of nitrogens with zero attached hydrogens (tertiary/aromatic N) is 1. The summed E-state index contributed by atoms with van der Waals surface area (Å²) in [6.07, 6.45) is 0. The lowest BCUT2D eigenvalue weighted by atomic mass is 9.84. The third-order valence-corrected chi connectivity index (χ3v) is 6.51. The maximum Gasteiger partial charge on any atom is 0.295 e. The lowest BCUT2D eigenvalue weighted by Gasteiger charge is -2.29. The smallest absolute Gasteiger partial charge is 0.295 e. The molecule has 4 rings (SSSR count). The van der Waals surface area contributed by atoms with E-state index in [-0.39, 0.29) is 11.7 Å². The van der Waals surface area contributed by atoms with Gasteiger partial charge in [0.1, 0.15) is 17.5 Å². The minimum absolute atomic E-state index is 0.244. The summed E-state index contributed by atoms with van der Waals surface area (Å²) in [5.41, 5.74) is 2.25. The van der Waals surface area contributed by atoms with Gasteiger partial charge in [-0.15, -0.1) is 11.3 Å². The first kappa shape index (κ1) is 21.0. The van der Waals surface area contributed by atoms with Gasteiger partial charge >= 0.3 is 0 Å². The highest BCUT2D eigenvalue weighted by Gasteiger charge is 2.53. The Morgan fingerprint density at radius 2 is 1.71 bits per heavy atom. The molecule has 2 heterocycles. The second-order valence-electron chi connectivity index (χ2n) is 7.79. The topological polar surface area (TPSA) is 63.7 Å².